The number of hydrogen-bond acceptors (Lipinski definition) is 3. The molecule has 0 fully saturated rings. The van der Waals surface area contributed by atoms with E-state index < -0.39 is 0 Å². The van der Waals surface area contributed by atoms with Crippen molar-refractivity contribution in [2.24, 2.45) is 0 Å². The number of benzene rings is 1. The van der Waals surface area contributed by atoms with Gasteiger partial charge in [-0.05, 0) is 18.2 Å². The van der Waals surface area contributed by atoms with Gasteiger partial charge in [0.1, 0.15) is 6.33 Å². The molecule has 0 aliphatic carbocycles. The Labute approximate surface area is 120 Å². The van der Waals surface area contributed by atoms with Gasteiger partial charge in [-0.3, -0.25) is 4.79 Å². The first-order valence-electron chi connectivity index (χ1n) is 5.67. The smallest absolute Gasteiger partial charge is 0.256 e. The SMILES string of the molecule is O=C(c1cc(Cl)ccc1Cl)N1Cc2cncnc2C1. The zero-order valence-electron chi connectivity index (χ0n) is 9.81. The first kappa shape index (κ1) is 12.4. The van der Waals surface area contributed by atoms with Crippen molar-refractivity contribution in [1.29, 1.82) is 0 Å². The lowest BCUT2D eigenvalue weighted by Gasteiger charge is -2.16. The second-order valence-electron chi connectivity index (χ2n) is 4.28. The second-order valence-corrected chi connectivity index (χ2v) is 5.12. The van der Waals surface area contributed by atoms with Crippen molar-refractivity contribution < 1.29 is 4.79 Å². The van der Waals surface area contributed by atoms with Crippen molar-refractivity contribution in [1.82, 2.24) is 14.9 Å². The van der Waals surface area contributed by atoms with Gasteiger partial charge in [0.2, 0.25) is 0 Å². The summed E-state index contributed by atoms with van der Waals surface area (Å²) in [6, 6.07) is 4.87. The molecule has 1 aliphatic heterocycles. The fourth-order valence-electron chi connectivity index (χ4n) is 2.08. The van der Waals surface area contributed by atoms with Crippen LogP contribution in [0.5, 0.6) is 0 Å². The minimum absolute atomic E-state index is 0.148. The largest absolute Gasteiger partial charge is 0.328 e. The average molecular weight is 294 g/mol. The van der Waals surface area contributed by atoms with E-state index in [9.17, 15) is 4.79 Å². The summed E-state index contributed by atoms with van der Waals surface area (Å²) in [4.78, 5) is 22.2. The Bertz CT molecular complexity index is 635. The molecule has 4 nitrogen and oxygen atoms in total. The number of carbonyl (C=O) groups is 1. The van der Waals surface area contributed by atoms with Gasteiger partial charge >= 0.3 is 0 Å². The van der Waals surface area contributed by atoms with E-state index in [1.165, 1.54) is 6.33 Å². The number of halogens is 2. The van der Waals surface area contributed by atoms with E-state index in [-0.39, 0.29) is 5.91 Å². The molecule has 0 saturated carbocycles. The lowest BCUT2D eigenvalue weighted by molar-refractivity contribution is 0.0750. The number of rotatable bonds is 1. The van der Waals surface area contributed by atoms with Crippen molar-refractivity contribution in [3.8, 4) is 0 Å². The van der Waals surface area contributed by atoms with E-state index in [1.54, 1.807) is 29.3 Å². The number of carbonyl (C=O) groups excluding carboxylic acids is 1. The molecule has 19 heavy (non-hydrogen) atoms. The molecule has 0 radical (unpaired) electrons. The first-order chi connectivity index (χ1) is 9.15. The molecule has 0 unspecified atom stereocenters. The van der Waals surface area contributed by atoms with E-state index in [2.05, 4.69) is 9.97 Å². The monoisotopic (exact) mass is 293 g/mol. The van der Waals surface area contributed by atoms with E-state index in [0.29, 0.717) is 28.7 Å². The molecule has 1 amide bonds. The molecule has 96 valence electrons. The molecule has 2 heterocycles. The standard InChI is InChI=1S/C13H9Cl2N3O/c14-9-1-2-11(15)10(3-9)13(19)18-5-8-4-16-7-17-12(8)6-18/h1-4,7H,5-6H2. The van der Waals surface area contributed by atoms with Crippen LogP contribution in [-0.4, -0.2) is 20.8 Å². The maximum absolute atomic E-state index is 12.4. The van der Waals surface area contributed by atoms with Crippen LogP contribution in [0.3, 0.4) is 0 Å². The molecule has 0 bridgehead atoms. The van der Waals surface area contributed by atoms with Gasteiger partial charge < -0.3 is 4.90 Å². The molecule has 0 atom stereocenters. The number of hydrogen-bond donors (Lipinski definition) is 0. The van der Waals surface area contributed by atoms with Gasteiger partial charge in [-0.2, -0.15) is 0 Å². The number of nitrogens with zero attached hydrogens (tertiary/aromatic N) is 3. The predicted molar refractivity (Wildman–Crippen MR) is 72.1 cm³/mol. The lowest BCUT2D eigenvalue weighted by atomic mass is 10.2. The predicted octanol–water partition coefficient (Wildman–Crippen LogP) is 2.94. The molecule has 0 spiro atoms. The summed E-state index contributed by atoms with van der Waals surface area (Å²) >= 11 is 12.0. The molecule has 6 heteroatoms. The van der Waals surface area contributed by atoms with Gasteiger partial charge in [0.05, 0.1) is 22.8 Å². The molecular formula is C13H9Cl2N3O. The quantitative estimate of drug-likeness (QED) is 0.812. The van der Waals surface area contributed by atoms with Gasteiger partial charge in [-0.15, -0.1) is 0 Å². The topological polar surface area (TPSA) is 46.1 Å². The van der Waals surface area contributed by atoms with Crippen LogP contribution in [0.1, 0.15) is 21.6 Å². The Balaban J connectivity index is 1.89. The molecular weight excluding hydrogens is 285 g/mol. The average Bonchev–Trinajstić information content (AvgIpc) is 2.84. The van der Waals surface area contributed by atoms with Crippen LogP contribution in [0, 0.1) is 0 Å². The summed E-state index contributed by atoms with van der Waals surface area (Å²) < 4.78 is 0. The Morgan fingerprint density at radius 1 is 1.26 bits per heavy atom. The summed E-state index contributed by atoms with van der Waals surface area (Å²) in [5, 5.41) is 0.890. The van der Waals surface area contributed by atoms with Crippen molar-refractivity contribution >= 4 is 29.1 Å². The summed E-state index contributed by atoms with van der Waals surface area (Å²) in [7, 11) is 0. The third-order valence-electron chi connectivity index (χ3n) is 3.03. The highest BCUT2D eigenvalue weighted by Crippen LogP contribution is 2.26. The highest BCUT2D eigenvalue weighted by Gasteiger charge is 2.26. The van der Waals surface area contributed by atoms with Gasteiger partial charge in [-0.25, -0.2) is 9.97 Å². The van der Waals surface area contributed by atoms with Crippen molar-refractivity contribution in [2.45, 2.75) is 13.1 Å². The summed E-state index contributed by atoms with van der Waals surface area (Å²) in [6.45, 7) is 0.970. The fraction of sp³-hybridized carbons (Fsp3) is 0.154. The Morgan fingerprint density at radius 3 is 2.89 bits per heavy atom. The summed E-state index contributed by atoms with van der Waals surface area (Å²) in [5.74, 6) is -0.148. The number of fused-ring (bicyclic) bond motifs is 1. The van der Waals surface area contributed by atoms with Gasteiger partial charge in [0.25, 0.3) is 5.91 Å². The number of amides is 1. The van der Waals surface area contributed by atoms with Crippen molar-refractivity contribution in [3.63, 3.8) is 0 Å². The minimum atomic E-state index is -0.148. The normalized spacial score (nSPS) is 13.5. The van der Waals surface area contributed by atoms with Crippen LogP contribution in [0.25, 0.3) is 0 Å². The van der Waals surface area contributed by atoms with E-state index in [1.807, 2.05) is 0 Å². The fourth-order valence-corrected chi connectivity index (χ4v) is 2.45. The summed E-state index contributed by atoms with van der Waals surface area (Å²) in [5.41, 5.74) is 2.26. The molecule has 3 rings (SSSR count). The second kappa shape index (κ2) is 4.79. The molecule has 0 N–H and O–H groups in total. The van der Waals surface area contributed by atoms with Crippen LogP contribution in [0.2, 0.25) is 10.0 Å². The summed E-state index contributed by atoms with van der Waals surface area (Å²) in [6.07, 6.45) is 3.22. The number of aromatic nitrogens is 2. The highest BCUT2D eigenvalue weighted by molar-refractivity contribution is 6.35. The van der Waals surface area contributed by atoms with Gasteiger partial charge in [-0.1, -0.05) is 23.2 Å². The van der Waals surface area contributed by atoms with Crippen LogP contribution < -0.4 is 0 Å². The molecule has 1 aromatic heterocycles. The van der Waals surface area contributed by atoms with Crippen LogP contribution in [-0.2, 0) is 13.1 Å². The maximum Gasteiger partial charge on any atom is 0.256 e. The van der Waals surface area contributed by atoms with E-state index in [0.717, 1.165) is 11.3 Å². The maximum atomic E-state index is 12.4. The Kier molecular flexibility index (Phi) is 3.12. The first-order valence-corrected chi connectivity index (χ1v) is 6.43. The van der Waals surface area contributed by atoms with Crippen LogP contribution in [0.4, 0.5) is 0 Å². The third kappa shape index (κ3) is 2.29. The third-order valence-corrected chi connectivity index (χ3v) is 3.59. The van der Waals surface area contributed by atoms with E-state index in [4.69, 9.17) is 23.2 Å². The molecule has 1 aliphatic rings. The van der Waals surface area contributed by atoms with Crippen LogP contribution >= 0.6 is 23.2 Å². The highest BCUT2D eigenvalue weighted by atomic mass is 35.5. The van der Waals surface area contributed by atoms with E-state index >= 15 is 0 Å². The molecule has 2 aromatic rings. The zero-order valence-corrected chi connectivity index (χ0v) is 11.3. The van der Waals surface area contributed by atoms with Gasteiger partial charge in [0, 0.05) is 23.3 Å². The minimum Gasteiger partial charge on any atom is -0.328 e. The Hall–Kier alpha value is -1.65. The van der Waals surface area contributed by atoms with Gasteiger partial charge in [0.15, 0.2) is 0 Å². The van der Waals surface area contributed by atoms with Crippen molar-refractivity contribution in [3.05, 3.63) is 57.6 Å². The molecule has 0 saturated heterocycles. The van der Waals surface area contributed by atoms with Crippen LogP contribution in [0.15, 0.2) is 30.7 Å². The van der Waals surface area contributed by atoms with Crippen molar-refractivity contribution in [2.75, 3.05) is 0 Å². The zero-order chi connectivity index (χ0) is 13.4. The Morgan fingerprint density at radius 2 is 2.11 bits per heavy atom. The lowest BCUT2D eigenvalue weighted by Crippen LogP contribution is -2.25. The molecule has 1 aromatic carbocycles.